The summed E-state index contributed by atoms with van der Waals surface area (Å²) in [4.78, 5) is 25.8. The topological polar surface area (TPSA) is 91.7 Å². The van der Waals surface area contributed by atoms with E-state index in [4.69, 9.17) is 14.6 Å². The summed E-state index contributed by atoms with van der Waals surface area (Å²) in [7, 11) is 7.06. The molecule has 0 bridgehead atoms. The van der Waals surface area contributed by atoms with Gasteiger partial charge in [-0.15, -0.1) is 0 Å². The Morgan fingerprint density at radius 3 is 2.35 bits per heavy atom. The molecule has 1 unspecified atom stereocenters. The third kappa shape index (κ3) is 5.14. The first-order valence-electron chi connectivity index (χ1n) is 9.94. The lowest BCUT2D eigenvalue weighted by Crippen LogP contribution is -2.27. The molecule has 0 spiro atoms. The van der Waals surface area contributed by atoms with Crippen LogP contribution < -0.4 is 14.4 Å². The molecule has 2 aromatic carbocycles. The number of rotatable bonds is 8. The van der Waals surface area contributed by atoms with E-state index in [1.54, 1.807) is 20.3 Å². The van der Waals surface area contributed by atoms with E-state index in [0.717, 1.165) is 16.8 Å². The van der Waals surface area contributed by atoms with Gasteiger partial charge in [-0.25, -0.2) is 5.01 Å². The number of hydrogen-bond donors (Lipinski definition) is 1. The predicted molar refractivity (Wildman–Crippen MR) is 118 cm³/mol. The lowest BCUT2D eigenvalue weighted by molar-refractivity contribution is -0.141. The molecule has 2 aromatic rings. The minimum Gasteiger partial charge on any atom is -0.497 e. The Balaban J connectivity index is 1.99. The first kappa shape index (κ1) is 22.1. The van der Waals surface area contributed by atoms with E-state index >= 15 is 0 Å². The monoisotopic (exact) mass is 425 g/mol. The number of amides is 1. The van der Waals surface area contributed by atoms with E-state index in [9.17, 15) is 9.59 Å². The quantitative estimate of drug-likeness (QED) is 0.698. The number of anilines is 1. The van der Waals surface area contributed by atoms with E-state index in [1.807, 2.05) is 55.4 Å². The lowest BCUT2D eigenvalue weighted by Gasteiger charge is -2.23. The van der Waals surface area contributed by atoms with Crippen molar-refractivity contribution in [1.82, 2.24) is 5.01 Å². The number of nitrogens with zero attached hydrogens (tertiary/aromatic N) is 3. The third-order valence-corrected chi connectivity index (χ3v) is 5.17. The lowest BCUT2D eigenvalue weighted by atomic mass is 9.97. The first-order chi connectivity index (χ1) is 14.8. The van der Waals surface area contributed by atoms with E-state index in [0.29, 0.717) is 23.6 Å². The van der Waals surface area contributed by atoms with E-state index in [-0.39, 0.29) is 24.8 Å². The van der Waals surface area contributed by atoms with E-state index in [1.165, 1.54) is 5.01 Å². The highest BCUT2D eigenvalue weighted by Crippen LogP contribution is 2.36. The van der Waals surface area contributed by atoms with Crippen molar-refractivity contribution in [3.63, 3.8) is 0 Å². The predicted octanol–water partition coefficient (Wildman–Crippen LogP) is 3.31. The number of aliphatic carboxylic acids is 1. The van der Waals surface area contributed by atoms with E-state index < -0.39 is 5.97 Å². The Labute approximate surface area is 181 Å². The minimum absolute atomic E-state index is 0.114. The van der Waals surface area contributed by atoms with Crippen molar-refractivity contribution in [2.45, 2.75) is 25.3 Å². The average molecular weight is 425 g/mol. The molecule has 3 rings (SSSR count). The van der Waals surface area contributed by atoms with Gasteiger partial charge < -0.3 is 19.5 Å². The first-order valence-corrected chi connectivity index (χ1v) is 9.94. The van der Waals surface area contributed by atoms with Gasteiger partial charge in [-0.2, -0.15) is 5.10 Å². The van der Waals surface area contributed by atoms with Gasteiger partial charge >= 0.3 is 5.97 Å². The summed E-state index contributed by atoms with van der Waals surface area (Å²) in [5, 5.41) is 15.0. The molecule has 31 heavy (non-hydrogen) atoms. The molecular formula is C23H27N3O5. The Morgan fingerprint density at radius 2 is 1.77 bits per heavy atom. The number of carboxylic acid groups (broad SMARTS) is 1. The molecule has 164 valence electrons. The molecule has 0 saturated carbocycles. The maximum Gasteiger partial charge on any atom is 0.303 e. The molecule has 8 heteroatoms. The number of benzene rings is 2. The SMILES string of the molecule is COc1cc(OC)cc(C2=NN(C(=O)CCC(=O)O)C(c3cccc(N(C)C)c3)C2)c1. The molecule has 1 heterocycles. The molecule has 0 aliphatic carbocycles. The summed E-state index contributed by atoms with van der Waals surface area (Å²) in [6, 6.07) is 13.0. The van der Waals surface area contributed by atoms with Crippen molar-refractivity contribution >= 4 is 23.3 Å². The number of ether oxygens (including phenoxy) is 2. The van der Waals surface area contributed by atoms with Gasteiger partial charge in [0.2, 0.25) is 5.91 Å². The summed E-state index contributed by atoms with van der Waals surface area (Å²) in [6.45, 7) is 0. The summed E-state index contributed by atoms with van der Waals surface area (Å²) >= 11 is 0. The van der Waals surface area contributed by atoms with Crippen LogP contribution in [-0.2, 0) is 9.59 Å². The van der Waals surface area contributed by atoms with Gasteiger partial charge in [-0.05, 0) is 29.8 Å². The standard InChI is InChI=1S/C23H27N3O5/c1-25(2)17-7-5-6-15(10-17)21-14-20(24-26(21)22(27)8-9-23(28)29)16-11-18(30-3)13-19(12-16)31-4/h5-7,10-13,21H,8-9,14H2,1-4H3,(H,28,29). The fraction of sp³-hybridized carbons (Fsp3) is 0.348. The van der Waals surface area contributed by atoms with Crippen molar-refractivity contribution < 1.29 is 24.2 Å². The smallest absolute Gasteiger partial charge is 0.303 e. The van der Waals surface area contributed by atoms with Gasteiger partial charge in [0.05, 0.1) is 32.4 Å². The Bertz CT molecular complexity index is 980. The van der Waals surface area contributed by atoms with Gasteiger partial charge in [0.15, 0.2) is 0 Å². The molecular weight excluding hydrogens is 398 g/mol. The number of hydrogen-bond acceptors (Lipinski definition) is 6. The minimum atomic E-state index is -1.01. The highest BCUT2D eigenvalue weighted by atomic mass is 16.5. The molecule has 1 N–H and O–H groups in total. The second-order valence-electron chi connectivity index (χ2n) is 7.49. The largest absolute Gasteiger partial charge is 0.497 e. The maximum atomic E-state index is 12.9. The zero-order valence-corrected chi connectivity index (χ0v) is 18.2. The summed E-state index contributed by atoms with van der Waals surface area (Å²) in [6.07, 6.45) is 0.140. The zero-order chi connectivity index (χ0) is 22.5. The van der Waals surface area contributed by atoms with Crippen LogP contribution in [0.2, 0.25) is 0 Å². The molecule has 1 aliphatic rings. The summed E-state index contributed by atoms with van der Waals surface area (Å²) in [5.41, 5.74) is 3.44. The summed E-state index contributed by atoms with van der Waals surface area (Å²) in [5.74, 6) is -0.0920. The van der Waals surface area contributed by atoms with Crippen LogP contribution >= 0.6 is 0 Å². The second-order valence-corrected chi connectivity index (χ2v) is 7.49. The number of carbonyl (C=O) groups excluding carboxylic acids is 1. The van der Waals surface area contributed by atoms with Crippen LogP contribution in [0.1, 0.15) is 36.4 Å². The molecule has 1 amide bonds. The zero-order valence-electron chi connectivity index (χ0n) is 18.2. The van der Waals surface area contributed by atoms with Crippen LogP contribution in [-0.4, -0.2) is 56.0 Å². The molecule has 0 radical (unpaired) electrons. The third-order valence-electron chi connectivity index (χ3n) is 5.17. The number of carbonyl (C=O) groups is 2. The molecule has 0 saturated heterocycles. The molecule has 1 aliphatic heterocycles. The van der Waals surface area contributed by atoms with Crippen molar-refractivity contribution in [3.05, 3.63) is 53.6 Å². The number of hydrazone groups is 1. The average Bonchev–Trinajstić information content (AvgIpc) is 3.22. The number of carboxylic acids is 1. The van der Waals surface area contributed by atoms with Crippen LogP contribution in [0.25, 0.3) is 0 Å². The van der Waals surface area contributed by atoms with Crippen LogP contribution in [0.15, 0.2) is 47.6 Å². The van der Waals surface area contributed by atoms with Gasteiger partial charge in [0.1, 0.15) is 11.5 Å². The van der Waals surface area contributed by atoms with Crippen LogP contribution in [0.5, 0.6) is 11.5 Å². The Morgan fingerprint density at radius 1 is 1.10 bits per heavy atom. The molecule has 0 aromatic heterocycles. The Hall–Kier alpha value is -3.55. The Kier molecular flexibility index (Phi) is 6.79. The normalized spacial score (nSPS) is 15.4. The van der Waals surface area contributed by atoms with Crippen LogP contribution in [0.3, 0.4) is 0 Å². The van der Waals surface area contributed by atoms with Crippen molar-refractivity contribution in [2.75, 3.05) is 33.2 Å². The van der Waals surface area contributed by atoms with Gasteiger partial charge in [0.25, 0.3) is 0 Å². The molecule has 1 atom stereocenters. The fourth-order valence-corrected chi connectivity index (χ4v) is 3.49. The highest BCUT2D eigenvalue weighted by Gasteiger charge is 2.33. The van der Waals surface area contributed by atoms with Crippen molar-refractivity contribution in [1.29, 1.82) is 0 Å². The van der Waals surface area contributed by atoms with E-state index in [2.05, 4.69) is 5.10 Å². The fourth-order valence-electron chi connectivity index (χ4n) is 3.49. The van der Waals surface area contributed by atoms with Crippen molar-refractivity contribution in [3.8, 4) is 11.5 Å². The van der Waals surface area contributed by atoms with Gasteiger partial charge in [-0.1, -0.05) is 12.1 Å². The second kappa shape index (κ2) is 9.51. The van der Waals surface area contributed by atoms with Crippen LogP contribution in [0.4, 0.5) is 5.69 Å². The molecule has 8 nitrogen and oxygen atoms in total. The number of methoxy groups -OCH3 is 2. The molecule has 0 fully saturated rings. The van der Waals surface area contributed by atoms with Gasteiger partial charge in [0, 0.05) is 44.3 Å². The summed E-state index contributed by atoms with van der Waals surface area (Å²) < 4.78 is 10.7. The maximum absolute atomic E-state index is 12.9. The van der Waals surface area contributed by atoms with Crippen LogP contribution in [0, 0.1) is 0 Å². The van der Waals surface area contributed by atoms with Crippen molar-refractivity contribution in [2.24, 2.45) is 5.10 Å². The van der Waals surface area contributed by atoms with Gasteiger partial charge in [-0.3, -0.25) is 9.59 Å². The highest BCUT2D eigenvalue weighted by molar-refractivity contribution is 6.04.